The summed E-state index contributed by atoms with van der Waals surface area (Å²) in [6.07, 6.45) is 2.85. The third-order valence-corrected chi connectivity index (χ3v) is 4.35. The fourth-order valence-electron chi connectivity index (χ4n) is 2.79. The topological polar surface area (TPSA) is 41.1 Å². The smallest absolute Gasteiger partial charge is 0.227 e. The molecule has 4 heteroatoms. The lowest BCUT2D eigenvalue weighted by Crippen LogP contribution is -2.31. The average molecular weight is 346 g/mol. The maximum Gasteiger partial charge on any atom is 0.227 e. The van der Waals surface area contributed by atoms with Gasteiger partial charge in [-0.3, -0.25) is 0 Å². The minimum Gasteiger partial charge on any atom is -0.340 e. The van der Waals surface area contributed by atoms with Crippen molar-refractivity contribution in [3.63, 3.8) is 0 Å². The molecule has 0 bridgehead atoms. The molecule has 0 saturated carbocycles. The molecular formula is C22H26N4. The zero-order valence-corrected chi connectivity index (χ0v) is 15.7. The Hall–Kier alpha value is -2.88. The molecule has 134 valence electrons. The maximum atomic E-state index is 4.73. The predicted octanol–water partition coefficient (Wildman–Crippen LogP) is 5.20. The first-order valence-corrected chi connectivity index (χ1v) is 9.15. The van der Waals surface area contributed by atoms with Crippen molar-refractivity contribution < 1.29 is 0 Å². The lowest BCUT2D eigenvalue weighted by Gasteiger charge is -2.27. The summed E-state index contributed by atoms with van der Waals surface area (Å²) < 4.78 is 0. The molecule has 0 spiro atoms. The van der Waals surface area contributed by atoms with Crippen LogP contribution in [0.3, 0.4) is 0 Å². The summed E-state index contributed by atoms with van der Waals surface area (Å²) >= 11 is 0. The summed E-state index contributed by atoms with van der Waals surface area (Å²) in [7, 11) is 0. The van der Waals surface area contributed by atoms with Gasteiger partial charge < -0.3 is 10.2 Å². The number of benzene rings is 2. The van der Waals surface area contributed by atoms with E-state index < -0.39 is 0 Å². The first-order valence-electron chi connectivity index (χ1n) is 9.15. The molecule has 1 aromatic heterocycles. The van der Waals surface area contributed by atoms with Crippen LogP contribution in [0.5, 0.6) is 0 Å². The van der Waals surface area contributed by atoms with Gasteiger partial charge in [0.05, 0.1) is 0 Å². The highest BCUT2D eigenvalue weighted by atomic mass is 15.3. The molecule has 0 aliphatic rings. The molecule has 0 unspecified atom stereocenters. The van der Waals surface area contributed by atoms with Gasteiger partial charge in [-0.15, -0.1) is 0 Å². The molecule has 1 heterocycles. The molecule has 1 N–H and O–H groups in total. The number of rotatable bonds is 7. The van der Waals surface area contributed by atoms with E-state index in [4.69, 9.17) is 4.98 Å². The molecule has 0 saturated heterocycles. The summed E-state index contributed by atoms with van der Waals surface area (Å²) in [5.74, 6) is 1.54. The van der Waals surface area contributed by atoms with Crippen molar-refractivity contribution >= 4 is 17.5 Å². The number of nitrogens with zero attached hydrogens (tertiary/aromatic N) is 3. The summed E-state index contributed by atoms with van der Waals surface area (Å²) in [6.45, 7) is 7.27. The van der Waals surface area contributed by atoms with Gasteiger partial charge in [-0.1, -0.05) is 49.4 Å². The van der Waals surface area contributed by atoms with Crippen molar-refractivity contribution in [2.45, 2.75) is 39.8 Å². The fraction of sp³-hybridized carbons (Fsp3) is 0.273. The summed E-state index contributed by atoms with van der Waals surface area (Å²) in [6, 6.07) is 21.1. The Morgan fingerprint density at radius 1 is 0.923 bits per heavy atom. The Labute approximate surface area is 155 Å². The van der Waals surface area contributed by atoms with Gasteiger partial charge in [0.2, 0.25) is 5.95 Å². The van der Waals surface area contributed by atoms with Gasteiger partial charge in [0.15, 0.2) is 0 Å². The number of hydrogen-bond acceptors (Lipinski definition) is 4. The van der Waals surface area contributed by atoms with Crippen LogP contribution in [0.2, 0.25) is 0 Å². The average Bonchev–Trinajstić information content (AvgIpc) is 2.67. The van der Waals surface area contributed by atoms with Gasteiger partial charge >= 0.3 is 0 Å². The van der Waals surface area contributed by atoms with Crippen molar-refractivity contribution in [2.75, 3.05) is 10.2 Å². The fourth-order valence-corrected chi connectivity index (χ4v) is 2.79. The first-order chi connectivity index (χ1) is 12.7. The molecule has 3 aromatic rings. The van der Waals surface area contributed by atoms with Crippen LogP contribution in [0.4, 0.5) is 17.5 Å². The number of aromatic nitrogens is 2. The number of aryl methyl sites for hydroxylation is 1. The normalized spacial score (nSPS) is 10.8. The standard InChI is InChI=1S/C22H26N4/c1-4-18-10-12-20(13-11-18)24-21-14-15-23-22(25-21)26(17(2)3)16-19-8-6-5-7-9-19/h5-15,17H,4,16H2,1-3H3,(H,23,24,25). The SMILES string of the molecule is CCc1ccc(Nc2ccnc(N(Cc3ccccc3)C(C)C)n2)cc1. The van der Waals surface area contributed by atoms with Crippen molar-refractivity contribution in [2.24, 2.45) is 0 Å². The highest BCUT2D eigenvalue weighted by Crippen LogP contribution is 2.20. The molecule has 0 fully saturated rings. The second-order valence-electron chi connectivity index (χ2n) is 6.62. The van der Waals surface area contributed by atoms with Crippen molar-refractivity contribution in [1.82, 2.24) is 9.97 Å². The van der Waals surface area contributed by atoms with Gasteiger partial charge in [0.25, 0.3) is 0 Å². The Bertz CT molecular complexity index is 813. The van der Waals surface area contributed by atoms with Crippen LogP contribution in [0, 0.1) is 0 Å². The van der Waals surface area contributed by atoms with E-state index in [-0.39, 0.29) is 0 Å². The van der Waals surface area contributed by atoms with E-state index in [0.717, 1.165) is 30.4 Å². The summed E-state index contributed by atoms with van der Waals surface area (Å²) in [4.78, 5) is 11.4. The highest BCUT2D eigenvalue weighted by molar-refractivity contribution is 5.57. The van der Waals surface area contributed by atoms with Crippen LogP contribution < -0.4 is 10.2 Å². The van der Waals surface area contributed by atoms with Gasteiger partial charge in [0, 0.05) is 24.5 Å². The maximum absolute atomic E-state index is 4.73. The monoisotopic (exact) mass is 346 g/mol. The van der Waals surface area contributed by atoms with Crippen LogP contribution in [0.25, 0.3) is 0 Å². The van der Waals surface area contributed by atoms with E-state index in [2.05, 4.69) is 84.5 Å². The number of hydrogen-bond donors (Lipinski definition) is 1. The molecule has 0 aliphatic heterocycles. The second kappa shape index (κ2) is 8.48. The minimum absolute atomic E-state index is 0.300. The van der Waals surface area contributed by atoms with Crippen LogP contribution in [0.15, 0.2) is 66.9 Å². The number of anilines is 3. The quantitative estimate of drug-likeness (QED) is 0.638. The van der Waals surface area contributed by atoms with E-state index >= 15 is 0 Å². The highest BCUT2D eigenvalue weighted by Gasteiger charge is 2.14. The molecule has 0 aliphatic carbocycles. The van der Waals surface area contributed by atoms with Crippen LogP contribution in [-0.2, 0) is 13.0 Å². The third-order valence-electron chi connectivity index (χ3n) is 4.35. The van der Waals surface area contributed by atoms with E-state index in [0.29, 0.717) is 6.04 Å². The van der Waals surface area contributed by atoms with E-state index in [9.17, 15) is 0 Å². The molecule has 0 atom stereocenters. The van der Waals surface area contributed by atoms with E-state index in [1.165, 1.54) is 11.1 Å². The van der Waals surface area contributed by atoms with Crippen LogP contribution in [0.1, 0.15) is 31.9 Å². The van der Waals surface area contributed by atoms with Gasteiger partial charge in [0.1, 0.15) is 5.82 Å². The minimum atomic E-state index is 0.300. The largest absolute Gasteiger partial charge is 0.340 e. The molecular weight excluding hydrogens is 320 g/mol. The van der Waals surface area contributed by atoms with Gasteiger partial charge in [-0.05, 0) is 49.6 Å². The first kappa shape index (κ1) is 17.9. The number of nitrogens with one attached hydrogen (secondary N) is 1. The van der Waals surface area contributed by atoms with E-state index in [1.54, 1.807) is 0 Å². The van der Waals surface area contributed by atoms with E-state index in [1.807, 2.05) is 18.3 Å². The van der Waals surface area contributed by atoms with Crippen molar-refractivity contribution in [3.05, 3.63) is 78.0 Å². The van der Waals surface area contributed by atoms with Crippen LogP contribution in [-0.4, -0.2) is 16.0 Å². The zero-order chi connectivity index (χ0) is 18.4. The zero-order valence-electron chi connectivity index (χ0n) is 15.7. The summed E-state index contributed by atoms with van der Waals surface area (Å²) in [5, 5.41) is 3.38. The molecule has 4 nitrogen and oxygen atoms in total. The Morgan fingerprint density at radius 2 is 1.65 bits per heavy atom. The van der Waals surface area contributed by atoms with Gasteiger partial charge in [-0.2, -0.15) is 4.98 Å². The Kier molecular flexibility index (Phi) is 5.84. The molecule has 26 heavy (non-hydrogen) atoms. The lowest BCUT2D eigenvalue weighted by molar-refractivity contribution is 0.661. The second-order valence-corrected chi connectivity index (χ2v) is 6.62. The molecule has 2 aromatic carbocycles. The Morgan fingerprint density at radius 3 is 2.31 bits per heavy atom. The Balaban J connectivity index is 1.79. The summed E-state index contributed by atoms with van der Waals surface area (Å²) in [5.41, 5.74) is 3.61. The molecule has 0 amide bonds. The van der Waals surface area contributed by atoms with Gasteiger partial charge in [-0.25, -0.2) is 4.98 Å². The third kappa shape index (κ3) is 4.60. The van der Waals surface area contributed by atoms with Crippen molar-refractivity contribution in [1.29, 1.82) is 0 Å². The predicted molar refractivity (Wildman–Crippen MR) is 109 cm³/mol. The lowest BCUT2D eigenvalue weighted by atomic mass is 10.1. The van der Waals surface area contributed by atoms with Crippen LogP contribution >= 0.6 is 0 Å². The molecule has 0 radical (unpaired) electrons. The van der Waals surface area contributed by atoms with Crippen molar-refractivity contribution in [3.8, 4) is 0 Å². The molecule has 3 rings (SSSR count).